The number of carbonyl (C=O) groups is 1. The zero-order valence-electron chi connectivity index (χ0n) is 17.5. The van der Waals surface area contributed by atoms with Crippen LogP contribution in [0.1, 0.15) is 21.8 Å². The van der Waals surface area contributed by atoms with Crippen molar-refractivity contribution in [3.63, 3.8) is 0 Å². The Hall–Kier alpha value is -4.01. The van der Waals surface area contributed by atoms with Crippen molar-refractivity contribution >= 4 is 16.9 Å². The van der Waals surface area contributed by atoms with Gasteiger partial charge >= 0.3 is 11.8 Å². The third-order valence-corrected chi connectivity index (χ3v) is 4.84. The van der Waals surface area contributed by atoms with Crippen molar-refractivity contribution in [1.82, 2.24) is 15.5 Å². The number of para-hydroxylation sites is 1. The third-order valence-electron chi connectivity index (χ3n) is 4.84. The van der Waals surface area contributed by atoms with Crippen molar-refractivity contribution in [2.24, 2.45) is 0 Å². The average molecular weight is 423 g/mol. The lowest BCUT2D eigenvalue weighted by atomic mass is 10.1. The highest BCUT2D eigenvalue weighted by Crippen LogP contribution is 2.38. The molecule has 1 amide bonds. The lowest BCUT2D eigenvalue weighted by molar-refractivity contribution is 0.0907. The summed E-state index contributed by atoms with van der Waals surface area (Å²) >= 11 is 0. The molecule has 1 N–H and O–H groups in total. The van der Waals surface area contributed by atoms with E-state index in [1.165, 1.54) is 21.3 Å². The number of fused-ring (bicyclic) bond motifs is 1. The number of carbonyl (C=O) groups excluding carboxylic acids is 1. The molecule has 0 radical (unpaired) electrons. The Labute approximate surface area is 177 Å². The Bertz CT molecular complexity index is 1220. The van der Waals surface area contributed by atoms with E-state index >= 15 is 0 Å². The van der Waals surface area contributed by atoms with E-state index in [4.69, 9.17) is 23.2 Å². The summed E-state index contributed by atoms with van der Waals surface area (Å²) in [5.41, 5.74) is 2.34. The van der Waals surface area contributed by atoms with Crippen molar-refractivity contribution in [3.05, 3.63) is 53.4 Å². The molecule has 0 fully saturated rings. The fourth-order valence-corrected chi connectivity index (χ4v) is 3.29. The van der Waals surface area contributed by atoms with Crippen LogP contribution in [0.3, 0.4) is 0 Å². The minimum Gasteiger partial charge on any atom is -0.493 e. The molecule has 4 aromatic rings. The molecule has 160 valence electrons. The van der Waals surface area contributed by atoms with Gasteiger partial charge in [0.1, 0.15) is 5.58 Å². The van der Waals surface area contributed by atoms with Crippen LogP contribution in [0.15, 0.2) is 45.3 Å². The SMILES string of the molecule is COc1cc(CNC(=O)c2nc(-c3oc4ccccc4c3C)no2)cc(OC)c1OC. The van der Waals surface area contributed by atoms with Gasteiger partial charge in [-0.1, -0.05) is 23.4 Å². The predicted molar refractivity (Wildman–Crippen MR) is 112 cm³/mol. The molecule has 0 saturated carbocycles. The van der Waals surface area contributed by atoms with Crippen molar-refractivity contribution in [1.29, 1.82) is 0 Å². The largest absolute Gasteiger partial charge is 0.493 e. The van der Waals surface area contributed by atoms with Crippen LogP contribution in [0.2, 0.25) is 0 Å². The Kier molecular flexibility index (Phi) is 5.48. The van der Waals surface area contributed by atoms with Crippen molar-refractivity contribution in [2.75, 3.05) is 21.3 Å². The van der Waals surface area contributed by atoms with E-state index in [1.807, 2.05) is 31.2 Å². The molecule has 0 spiro atoms. The van der Waals surface area contributed by atoms with E-state index in [2.05, 4.69) is 15.5 Å². The number of nitrogens with zero attached hydrogens (tertiary/aromatic N) is 2. The standard InChI is InChI=1S/C22H21N3O6/c1-12-14-7-5-6-8-15(14)30-18(12)20-24-22(31-25-20)21(26)23-11-13-9-16(27-2)19(29-4)17(10-13)28-3/h5-10H,11H2,1-4H3,(H,23,26). The Morgan fingerprint density at radius 3 is 2.42 bits per heavy atom. The molecule has 4 rings (SSSR count). The fourth-order valence-electron chi connectivity index (χ4n) is 3.29. The van der Waals surface area contributed by atoms with Crippen LogP contribution in [-0.2, 0) is 6.54 Å². The number of ether oxygens (including phenoxy) is 3. The summed E-state index contributed by atoms with van der Waals surface area (Å²) < 4.78 is 26.9. The van der Waals surface area contributed by atoms with Gasteiger partial charge in [-0.3, -0.25) is 4.79 Å². The lowest BCUT2D eigenvalue weighted by Crippen LogP contribution is -2.23. The van der Waals surface area contributed by atoms with Crippen molar-refractivity contribution in [3.8, 4) is 28.8 Å². The maximum absolute atomic E-state index is 12.5. The van der Waals surface area contributed by atoms with E-state index in [1.54, 1.807) is 12.1 Å². The highest BCUT2D eigenvalue weighted by atomic mass is 16.5. The number of amides is 1. The molecule has 0 unspecified atom stereocenters. The van der Waals surface area contributed by atoms with E-state index in [0.717, 1.165) is 16.5 Å². The molecular formula is C22H21N3O6. The third kappa shape index (κ3) is 3.77. The molecule has 31 heavy (non-hydrogen) atoms. The smallest absolute Gasteiger partial charge is 0.316 e. The molecule has 0 aliphatic heterocycles. The number of nitrogens with one attached hydrogen (secondary N) is 1. The summed E-state index contributed by atoms with van der Waals surface area (Å²) in [5.74, 6) is 1.46. The number of benzene rings is 2. The zero-order chi connectivity index (χ0) is 22.0. The van der Waals surface area contributed by atoms with Crippen LogP contribution in [0.25, 0.3) is 22.6 Å². The van der Waals surface area contributed by atoms with Crippen molar-refractivity contribution < 1.29 is 27.9 Å². The first-order valence-electron chi connectivity index (χ1n) is 9.45. The highest BCUT2D eigenvalue weighted by molar-refractivity contribution is 5.90. The Morgan fingerprint density at radius 2 is 1.77 bits per heavy atom. The number of aryl methyl sites for hydroxylation is 1. The number of hydrogen-bond acceptors (Lipinski definition) is 8. The highest BCUT2D eigenvalue weighted by Gasteiger charge is 2.21. The fraction of sp³-hybridized carbons (Fsp3) is 0.227. The van der Waals surface area contributed by atoms with E-state index < -0.39 is 5.91 Å². The molecule has 9 heteroatoms. The Morgan fingerprint density at radius 1 is 1.06 bits per heavy atom. The summed E-state index contributed by atoms with van der Waals surface area (Å²) in [5, 5.41) is 7.60. The number of hydrogen-bond donors (Lipinski definition) is 1. The van der Waals surface area contributed by atoms with Gasteiger partial charge in [-0.05, 0) is 30.7 Å². The second-order valence-corrected chi connectivity index (χ2v) is 6.69. The summed E-state index contributed by atoms with van der Waals surface area (Å²) in [6.07, 6.45) is 0. The summed E-state index contributed by atoms with van der Waals surface area (Å²) in [6, 6.07) is 11.1. The van der Waals surface area contributed by atoms with Crippen LogP contribution in [0, 0.1) is 6.92 Å². The zero-order valence-corrected chi connectivity index (χ0v) is 17.5. The second-order valence-electron chi connectivity index (χ2n) is 6.69. The lowest BCUT2D eigenvalue weighted by Gasteiger charge is -2.14. The molecular weight excluding hydrogens is 402 g/mol. The molecule has 0 atom stereocenters. The van der Waals surface area contributed by atoms with Gasteiger partial charge in [0.2, 0.25) is 11.6 Å². The Balaban J connectivity index is 1.51. The number of rotatable bonds is 7. The quantitative estimate of drug-likeness (QED) is 0.479. The summed E-state index contributed by atoms with van der Waals surface area (Å²) in [4.78, 5) is 16.7. The minimum atomic E-state index is -0.513. The van der Waals surface area contributed by atoms with Gasteiger partial charge in [0.05, 0.1) is 21.3 Å². The first kappa shape index (κ1) is 20.3. The van der Waals surface area contributed by atoms with Gasteiger partial charge in [-0.15, -0.1) is 0 Å². The first-order chi connectivity index (χ1) is 15.0. The second kappa shape index (κ2) is 8.39. The number of aromatic nitrogens is 2. The number of methoxy groups -OCH3 is 3. The minimum absolute atomic E-state index is 0.165. The topological polar surface area (TPSA) is 109 Å². The molecule has 2 heterocycles. The maximum atomic E-state index is 12.5. The molecule has 9 nitrogen and oxygen atoms in total. The monoisotopic (exact) mass is 423 g/mol. The number of furan rings is 1. The average Bonchev–Trinajstić information content (AvgIpc) is 3.42. The molecule has 0 aliphatic carbocycles. The van der Waals surface area contributed by atoms with Crippen LogP contribution in [-0.4, -0.2) is 37.4 Å². The van der Waals surface area contributed by atoms with Gasteiger partial charge in [0.15, 0.2) is 17.3 Å². The van der Waals surface area contributed by atoms with Crippen molar-refractivity contribution in [2.45, 2.75) is 13.5 Å². The molecule has 2 aromatic heterocycles. The van der Waals surface area contributed by atoms with Gasteiger partial charge in [0.25, 0.3) is 0 Å². The summed E-state index contributed by atoms with van der Waals surface area (Å²) in [6.45, 7) is 2.10. The van der Waals surface area contributed by atoms with Gasteiger partial charge < -0.3 is 28.5 Å². The van der Waals surface area contributed by atoms with Gasteiger partial charge in [0, 0.05) is 17.5 Å². The van der Waals surface area contributed by atoms with Gasteiger partial charge in [-0.2, -0.15) is 4.98 Å². The molecule has 2 aromatic carbocycles. The van der Waals surface area contributed by atoms with E-state index in [-0.39, 0.29) is 18.3 Å². The van der Waals surface area contributed by atoms with E-state index in [0.29, 0.717) is 28.6 Å². The predicted octanol–water partition coefficient (Wildman–Crippen LogP) is 3.75. The van der Waals surface area contributed by atoms with Gasteiger partial charge in [-0.25, -0.2) is 0 Å². The first-order valence-corrected chi connectivity index (χ1v) is 9.45. The maximum Gasteiger partial charge on any atom is 0.316 e. The van der Waals surface area contributed by atoms with Crippen LogP contribution in [0.5, 0.6) is 17.2 Å². The van der Waals surface area contributed by atoms with Crippen LogP contribution in [0.4, 0.5) is 0 Å². The normalized spacial score (nSPS) is 10.8. The van der Waals surface area contributed by atoms with Crippen LogP contribution < -0.4 is 19.5 Å². The van der Waals surface area contributed by atoms with Crippen LogP contribution >= 0.6 is 0 Å². The molecule has 0 bridgehead atoms. The molecule has 0 aliphatic rings. The van der Waals surface area contributed by atoms with E-state index in [9.17, 15) is 4.79 Å². The molecule has 0 saturated heterocycles. The summed E-state index contributed by atoms with van der Waals surface area (Å²) in [7, 11) is 4.58.